The Morgan fingerprint density at radius 1 is 1.48 bits per heavy atom. The van der Waals surface area contributed by atoms with Crippen LogP contribution in [0.25, 0.3) is 0 Å². The van der Waals surface area contributed by atoms with Gasteiger partial charge in [-0.3, -0.25) is 0 Å². The van der Waals surface area contributed by atoms with Gasteiger partial charge in [0.15, 0.2) is 0 Å². The van der Waals surface area contributed by atoms with Gasteiger partial charge in [0.2, 0.25) is 10.0 Å². The SMILES string of the molecule is CN1CCOC(CN(C)S(=O)(=O)c2ccccc2C#N)C1. The molecule has 1 heterocycles. The van der Waals surface area contributed by atoms with Gasteiger partial charge in [-0.15, -0.1) is 0 Å². The molecule has 114 valence electrons. The topological polar surface area (TPSA) is 73.6 Å². The molecule has 1 fully saturated rings. The molecule has 0 amide bonds. The van der Waals surface area contributed by atoms with Crippen LogP contribution in [0.3, 0.4) is 0 Å². The Kier molecular flexibility index (Phi) is 4.96. The van der Waals surface area contributed by atoms with E-state index in [2.05, 4.69) is 4.90 Å². The molecule has 7 heteroatoms. The summed E-state index contributed by atoms with van der Waals surface area (Å²) in [4.78, 5) is 2.15. The molecule has 21 heavy (non-hydrogen) atoms. The van der Waals surface area contributed by atoms with E-state index in [1.807, 2.05) is 13.1 Å². The molecule has 0 radical (unpaired) electrons. The Balaban J connectivity index is 2.17. The minimum atomic E-state index is -3.69. The number of hydrogen-bond donors (Lipinski definition) is 0. The van der Waals surface area contributed by atoms with Crippen LogP contribution in [-0.2, 0) is 14.8 Å². The number of nitrogens with zero attached hydrogens (tertiary/aromatic N) is 3. The van der Waals surface area contributed by atoms with E-state index in [9.17, 15) is 8.42 Å². The highest BCUT2D eigenvalue weighted by molar-refractivity contribution is 7.89. The van der Waals surface area contributed by atoms with Crippen LogP contribution in [0.15, 0.2) is 29.2 Å². The molecule has 0 saturated carbocycles. The van der Waals surface area contributed by atoms with Crippen molar-refractivity contribution in [2.75, 3.05) is 40.3 Å². The number of hydrogen-bond acceptors (Lipinski definition) is 5. The summed E-state index contributed by atoms with van der Waals surface area (Å²) in [6.07, 6.45) is -0.155. The average molecular weight is 309 g/mol. The van der Waals surface area contributed by atoms with Gasteiger partial charge in [0.25, 0.3) is 0 Å². The van der Waals surface area contributed by atoms with Gasteiger partial charge < -0.3 is 9.64 Å². The number of likely N-dealkylation sites (N-methyl/N-ethyl adjacent to an activating group) is 2. The zero-order valence-electron chi connectivity index (χ0n) is 12.2. The first kappa shape index (κ1) is 15.9. The van der Waals surface area contributed by atoms with Crippen molar-refractivity contribution in [3.05, 3.63) is 29.8 Å². The van der Waals surface area contributed by atoms with Crippen LogP contribution in [0.4, 0.5) is 0 Å². The van der Waals surface area contributed by atoms with Gasteiger partial charge in [0, 0.05) is 26.7 Å². The molecule has 1 unspecified atom stereocenters. The molecule has 1 aromatic rings. The van der Waals surface area contributed by atoms with Crippen LogP contribution < -0.4 is 0 Å². The van der Waals surface area contributed by atoms with E-state index in [1.165, 1.54) is 23.5 Å². The number of ether oxygens (including phenoxy) is 1. The maximum Gasteiger partial charge on any atom is 0.244 e. The van der Waals surface area contributed by atoms with Crippen molar-refractivity contribution in [3.63, 3.8) is 0 Å². The van der Waals surface area contributed by atoms with Crippen molar-refractivity contribution in [1.29, 1.82) is 5.26 Å². The van der Waals surface area contributed by atoms with Crippen LogP contribution >= 0.6 is 0 Å². The fourth-order valence-electron chi connectivity index (χ4n) is 2.31. The summed E-state index contributed by atoms with van der Waals surface area (Å²) in [5.74, 6) is 0. The standard InChI is InChI=1S/C14H19N3O3S/c1-16-7-8-20-13(10-16)11-17(2)21(18,19)14-6-4-3-5-12(14)9-15/h3-6,13H,7-8,10-11H2,1-2H3. The maximum absolute atomic E-state index is 12.6. The zero-order valence-corrected chi connectivity index (χ0v) is 13.0. The number of benzene rings is 1. The Morgan fingerprint density at radius 3 is 2.86 bits per heavy atom. The molecule has 0 bridgehead atoms. The minimum absolute atomic E-state index is 0.0409. The molecule has 1 aromatic carbocycles. The summed E-state index contributed by atoms with van der Waals surface area (Å²) >= 11 is 0. The van der Waals surface area contributed by atoms with Gasteiger partial charge in [0.05, 0.1) is 23.2 Å². The van der Waals surface area contributed by atoms with Crippen LogP contribution in [0.2, 0.25) is 0 Å². The second kappa shape index (κ2) is 6.54. The van der Waals surface area contributed by atoms with Crippen molar-refractivity contribution >= 4 is 10.0 Å². The minimum Gasteiger partial charge on any atom is -0.374 e. The molecule has 0 spiro atoms. The van der Waals surface area contributed by atoms with Gasteiger partial charge in [-0.2, -0.15) is 9.57 Å². The third-order valence-corrected chi connectivity index (χ3v) is 5.38. The van der Waals surface area contributed by atoms with Crippen molar-refractivity contribution in [2.24, 2.45) is 0 Å². The summed E-state index contributed by atoms with van der Waals surface area (Å²) in [7, 11) is -0.190. The molecule has 0 N–H and O–H groups in total. The van der Waals surface area contributed by atoms with Gasteiger partial charge in [0.1, 0.15) is 6.07 Å². The van der Waals surface area contributed by atoms with E-state index in [4.69, 9.17) is 10.00 Å². The second-order valence-corrected chi connectivity index (χ2v) is 7.16. The van der Waals surface area contributed by atoms with Crippen LogP contribution in [0, 0.1) is 11.3 Å². The van der Waals surface area contributed by atoms with Crippen molar-refractivity contribution < 1.29 is 13.2 Å². The Hall–Kier alpha value is -1.46. The molecular weight excluding hydrogens is 290 g/mol. The Morgan fingerprint density at radius 2 is 2.19 bits per heavy atom. The third kappa shape index (κ3) is 3.60. The number of sulfonamides is 1. The lowest BCUT2D eigenvalue weighted by Crippen LogP contribution is -2.46. The smallest absolute Gasteiger partial charge is 0.244 e. The molecule has 1 aliphatic rings. The summed E-state index contributed by atoms with van der Waals surface area (Å²) in [5, 5.41) is 9.06. The first-order chi connectivity index (χ1) is 9.95. The average Bonchev–Trinajstić information content (AvgIpc) is 2.47. The van der Waals surface area contributed by atoms with Gasteiger partial charge in [-0.25, -0.2) is 8.42 Å². The summed E-state index contributed by atoms with van der Waals surface area (Å²) < 4.78 is 32.0. The first-order valence-electron chi connectivity index (χ1n) is 6.70. The van der Waals surface area contributed by atoms with Crippen LogP contribution in [0.5, 0.6) is 0 Å². The summed E-state index contributed by atoms with van der Waals surface area (Å²) in [5.41, 5.74) is 0.158. The van der Waals surface area contributed by atoms with Gasteiger partial charge in [-0.05, 0) is 19.2 Å². The fraction of sp³-hybridized carbons (Fsp3) is 0.500. The molecule has 1 saturated heterocycles. The highest BCUT2D eigenvalue weighted by atomic mass is 32.2. The highest BCUT2D eigenvalue weighted by Gasteiger charge is 2.28. The predicted octanol–water partition coefficient (Wildman–Crippen LogP) is 0.509. The molecule has 0 aliphatic carbocycles. The van der Waals surface area contributed by atoms with Crippen molar-refractivity contribution in [1.82, 2.24) is 9.21 Å². The lowest BCUT2D eigenvalue weighted by atomic mass is 10.2. The summed E-state index contributed by atoms with van der Waals surface area (Å²) in [6.45, 7) is 2.42. The monoisotopic (exact) mass is 309 g/mol. The van der Waals surface area contributed by atoms with E-state index < -0.39 is 10.0 Å². The molecule has 0 aromatic heterocycles. The second-order valence-electron chi connectivity index (χ2n) is 5.15. The largest absolute Gasteiger partial charge is 0.374 e. The van der Waals surface area contributed by atoms with Crippen molar-refractivity contribution in [2.45, 2.75) is 11.0 Å². The Bertz CT molecular complexity index is 639. The first-order valence-corrected chi connectivity index (χ1v) is 8.15. The van der Waals surface area contributed by atoms with Crippen molar-refractivity contribution in [3.8, 4) is 6.07 Å². The van der Waals surface area contributed by atoms with Gasteiger partial charge >= 0.3 is 0 Å². The Labute approximate surface area is 125 Å². The molecule has 1 aliphatic heterocycles. The van der Waals surface area contributed by atoms with Crippen LogP contribution in [-0.4, -0.2) is 64.1 Å². The number of nitriles is 1. The molecular formula is C14H19N3O3S. The van der Waals surface area contributed by atoms with E-state index in [0.717, 1.165) is 6.54 Å². The zero-order chi connectivity index (χ0) is 15.5. The van der Waals surface area contributed by atoms with E-state index >= 15 is 0 Å². The third-order valence-electron chi connectivity index (χ3n) is 3.50. The van der Waals surface area contributed by atoms with E-state index in [-0.39, 0.29) is 23.1 Å². The van der Waals surface area contributed by atoms with Crippen LogP contribution in [0.1, 0.15) is 5.56 Å². The maximum atomic E-state index is 12.6. The molecule has 6 nitrogen and oxygen atoms in total. The molecule has 2 rings (SSSR count). The van der Waals surface area contributed by atoms with E-state index in [1.54, 1.807) is 12.1 Å². The highest BCUT2D eigenvalue weighted by Crippen LogP contribution is 2.19. The fourth-order valence-corrected chi connectivity index (χ4v) is 3.65. The quantitative estimate of drug-likeness (QED) is 0.810. The number of rotatable bonds is 4. The summed E-state index contributed by atoms with van der Waals surface area (Å²) in [6, 6.07) is 8.15. The van der Waals surface area contributed by atoms with E-state index in [0.29, 0.717) is 13.2 Å². The lowest BCUT2D eigenvalue weighted by molar-refractivity contribution is -0.0247. The predicted molar refractivity (Wildman–Crippen MR) is 78.2 cm³/mol. The normalized spacial score (nSPS) is 20.4. The van der Waals surface area contributed by atoms with Gasteiger partial charge in [-0.1, -0.05) is 12.1 Å². The molecule has 1 atom stereocenters. The lowest BCUT2D eigenvalue weighted by Gasteiger charge is -2.32. The number of morpholine rings is 1.